The molecule has 0 fully saturated rings. The first-order chi connectivity index (χ1) is 17.9. The lowest BCUT2D eigenvalue weighted by Gasteiger charge is -2.08. The molecule has 0 radical (unpaired) electrons. The van der Waals surface area contributed by atoms with Crippen LogP contribution in [0.15, 0.2) is 0 Å². The maximum absolute atomic E-state index is 5.65. The molecule has 0 saturated carbocycles. The van der Waals surface area contributed by atoms with E-state index in [0.717, 1.165) is 13.0 Å². The van der Waals surface area contributed by atoms with Crippen molar-refractivity contribution in [3.63, 3.8) is 0 Å². The summed E-state index contributed by atoms with van der Waals surface area (Å²) in [6, 6.07) is 0. The molecule has 0 saturated heterocycles. The van der Waals surface area contributed by atoms with Crippen LogP contribution in [0.1, 0.15) is 96.8 Å². The summed E-state index contributed by atoms with van der Waals surface area (Å²) in [5, 5.41) is 0. The molecule has 7 heteroatoms. The zero-order valence-corrected chi connectivity index (χ0v) is 23.9. The quantitative estimate of drug-likeness (QED) is 0.0953. The third-order valence-electron chi connectivity index (χ3n) is 5.93. The molecule has 0 aliphatic carbocycles. The SMILES string of the molecule is CCCCCCCCCCCCCCCCOCCOCCOCCOCCOCCOCCOC. The summed E-state index contributed by atoms with van der Waals surface area (Å²) in [6.07, 6.45) is 19.4. The van der Waals surface area contributed by atoms with E-state index in [1.165, 1.54) is 83.5 Å². The summed E-state index contributed by atoms with van der Waals surface area (Å²) >= 11 is 0. The monoisotopic (exact) mass is 520 g/mol. The van der Waals surface area contributed by atoms with E-state index in [-0.39, 0.29) is 0 Å². The molecule has 0 aromatic carbocycles. The number of hydrogen-bond donors (Lipinski definition) is 0. The van der Waals surface area contributed by atoms with E-state index >= 15 is 0 Å². The van der Waals surface area contributed by atoms with E-state index < -0.39 is 0 Å². The van der Waals surface area contributed by atoms with Crippen molar-refractivity contribution in [1.29, 1.82) is 0 Å². The highest BCUT2D eigenvalue weighted by Crippen LogP contribution is 2.12. The Morgan fingerprint density at radius 1 is 0.278 bits per heavy atom. The minimum atomic E-state index is 0.564. The molecule has 0 amide bonds. The van der Waals surface area contributed by atoms with Crippen molar-refractivity contribution in [1.82, 2.24) is 0 Å². The number of hydrogen-bond acceptors (Lipinski definition) is 7. The number of unbranched alkanes of at least 4 members (excludes halogenated alkanes) is 13. The normalized spacial score (nSPS) is 11.5. The molecule has 0 rings (SSSR count). The molecule has 36 heavy (non-hydrogen) atoms. The van der Waals surface area contributed by atoms with Crippen LogP contribution in [0, 0.1) is 0 Å². The second kappa shape index (κ2) is 34.7. The molecule has 0 heterocycles. The van der Waals surface area contributed by atoms with Crippen molar-refractivity contribution in [3.8, 4) is 0 Å². The van der Waals surface area contributed by atoms with Crippen LogP contribution in [0.25, 0.3) is 0 Å². The van der Waals surface area contributed by atoms with Gasteiger partial charge in [-0.25, -0.2) is 0 Å². The highest BCUT2D eigenvalue weighted by Gasteiger charge is 1.96. The van der Waals surface area contributed by atoms with Crippen molar-refractivity contribution in [2.45, 2.75) is 96.8 Å². The van der Waals surface area contributed by atoms with Gasteiger partial charge in [-0.2, -0.15) is 0 Å². The fourth-order valence-corrected chi connectivity index (χ4v) is 3.74. The Hall–Kier alpha value is -0.280. The van der Waals surface area contributed by atoms with Crippen molar-refractivity contribution in [2.75, 3.05) is 93.0 Å². The van der Waals surface area contributed by atoms with Gasteiger partial charge >= 0.3 is 0 Å². The van der Waals surface area contributed by atoms with E-state index in [2.05, 4.69) is 6.92 Å². The van der Waals surface area contributed by atoms with Crippen molar-refractivity contribution in [3.05, 3.63) is 0 Å². The maximum Gasteiger partial charge on any atom is 0.0701 e. The molecule has 7 nitrogen and oxygen atoms in total. The third kappa shape index (κ3) is 33.7. The summed E-state index contributed by atoms with van der Waals surface area (Å²) in [5.41, 5.74) is 0. The number of methoxy groups -OCH3 is 1. The van der Waals surface area contributed by atoms with E-state index in [1.54, 1.807) is 7.11 Å². The van der Waals surface area contributed by atoms with Gasteiger partial charge in [-0.15, -0.1) is 0 Å². The van der Waals surface area contributed by atoms with Gasteiger partial charge in [-0.05, 0) is 6.42 Å². The minimum absolute atomic E-state index is 0.564. The third-order valence-corrected chi connectivity index (χ3v) is 5.93. The zero-order chi connectivity index (χ0) is 26.0. The van der Waals surface area contributed by atoms with Gasteiger partial charge in [0.1, 0.15) is 0 Å². The minimum Gasteiger partial charge on any atom is -0.382 e. The predicted octanol–water partition coefficient (Wildman–Crippen LogP) is 6.21. The van der Waals surface area contributed by atoms with E-state index in [4.69, 9.17) is 33.2 Å². The summed E-state index contributed by atoms with van der Waals surface area (Å²) in [6.45, 7) is 10.2. The van der Waals surface area contributed by atoms with Crippen LogP contribution in [-0.2, 0) is 33.2 Å². The summed E-state index contributed by atoms with van der Waals surface area (Å²) in [7, 11) is 1.66. The maximum atomic E-state index is 5.65. The average molecular weight is 521 g/mol. The Balaban J connectivity index is 3.00. The Bertz CT molecular complexity index is 338. The van der Waals surface area contributed by atoms with Crippen LogP contribution >= 0.6 is 0 Å². The Morgan fingerprint density at radius 3 is 0.833 bits per heavy atom. The lowest BCUT2D eigenvalue weighted by Crippen LogP contribution is -2.14. The van der Waals surface area contributed by atoms with Gasteiger partial charge in [-0.3, -0.25) is 0 Å². The van der Waals surface area contributed by atoms with Gasteiger partial charge in [-0.1, -0.05) is 90.4 Å². The van der Waals surface area contributed by atoms with Gasteiger partial charge in [0.15, 0.2) is 0 Å². The highest BCUT2D eigenvalue weighted by atomic mass is 16.6. The van der Waals surface area contributed by atoms with Crippen LogP contribution < -0.4 is 0 Å². The molecule has 218 valence electrons. The molecular formula is C29H60O7. The average Bonchev–Trinajstić information content (AvgIpc) is 2.89. The van der Waals surface area contributed by atoms with Gasteiger partial charge in [0, 0.05) is 13.7 Å². The van der Waals surface area contributed by atoms with Gasteiger partial charge in [0.2, 0.25) is 0 Å². The lowest BCUT2D eigenvalue weighted by molar-refractivity contribution is -0.0191. The number of rotatable bonds is 33. The van der Waals surface area contributed by atoms with Crippen LogP contribution in [-0.4, -0.2) is 93.0 Å². The largest absolute Gasteiger partial charge is 0.382 e. The van der Waals surface area contributed by atoms with E-state index in [0.29, 0.717) is 79.3 Å². The molecule has 0 bridgehead atoms. The molecule has 0 aliphatic rings. The Morgan fingerprint density at radius 2 is 0.528 bits per heavy atom. The summed E-state index contributed by atoms with van der Waals surface area (Å²) in [5.74, 6) is 0. The fourth-order valence-electron chi connectivity index (χ4n) is 3.74. The van der Waals surface area contributed by atoms with Crippen molar-refractivity contribution >= 4 is 0 Å². The van der Waals surface area contributed by atoms with E-state index in [9.17, 15) is 0 Å². The molecule has 0 aromatic rings. The lowest BCUT2D eigenvalue weighted by atomic mass is 10.0. The van der Waals surface area contributed by atoms with Crippen molar-refractivity contribution in [2.24, 2.45) is 0 Å². The first-order valence-electron chi connectivity index (χ1n) is 14.9. The summed E-state index contributed by atoms with van der Waals surface area (Å²) < 4.78 is 37.7. The molecule has 0 N–H and O–H groups in total. The predicted molar refractivity (Wildman–Crippen MR) is 147 cm³/mol. The molecular weight excluding hydrogens is 460 g/mol. The molecule has 0 spiro atoms. The van der Waals surface area contributed by atoms with Gasteiger partial charge in [0.05, 0.1) is 79.3 Å². The molecule has 0 aliphatic heterocycles. The topological polar surface area (TPSA) is 64.6 Å². The highest BCUT2D eigenvalue weighted by molar-refractivity contribution is 4.49. The zero-order valence-electron chi connectivity index (χ0n) is 23.9. The van der Waals surface area contributed by atoms with Crippen LogP contribution in [0.4, 0.5) is 0 Å². The molecule has 0 unspecified atom stereocenters. The smallest absolute Gasteiger partial charge is 0.0701 e. The first kappa shape index (κ1) is 35.7. The van der Waals surface area contributed by atoms with Crippen LogP contribution in [0.5, 0.6) is 0 Å². The number of ether oxygens (including phenoxy) is 7. The standard InChI is InChI=1S/C29H60O7/c1-3-4-5-6-7-8-9-10-11-12-13-14-15-16-17-31-20-21-33-24-25-35-28-29-36-27-26-34-23-22-32-19-18-30-2/h3-29H2,1-2H3. The molecule has 0 aromatic heterocycles. The second-order valence-electron chi connectivity index (χ2n) is 9.26. The van der Waals surface area contributed by atoms with Gasteiger partial charge < -0.3 is 33.2 Å². The first-order valence-corrected chi connectivity index (χ1v) is 14.9. The van der Waals surface area contributed by atoms with E-state index in [1.807, 2.05) is 0 Å². The van der Waals surface area contributed by atoms with Gasteiger partial charge in [0.25, 0.3) is 0 Å². The van der Waals surface area contributed by atoms with Crippen molar-refractivity contribution < 1.29 is 33.2 Å². The Labute approximate surface area is 223 Å². The van der Waals surface area contributed by atoms with Crippen LogP contribution in [0.2, 0.25) is 0 Å². The fraction of sp³-hybridized carbons (Fsp3) is 1.00. The van der Waals surface area contributed by atoms with Crippen LogP contribution in [0.3, 0.4) is 0 Å². The molecule has 0 atom stereocenters. The second-order valence-corrected chi connectivity index (χ2v) is 9.26. The Kier molecular flexibility index (Phi) is 34.4. The summed E-state index contributed by atoms with van der Waals surface area (Å²) in [4.78, 5) is 0.